The van der Waals surface area contributed by atoms with Crippen molar-refractivity contribution in [3.05, 3.63) is 58.8 Å². The van der Waals surface area contributed by atoms with Crippen LogP contribution in [0, 0.1) is 6.92 Å². The average Bonchev–Trinajstić information content (AvgIpc) is 2.82. The van der Waals surface area contributed by atoms with Gasteiger partial charge in [-0.15, -0.1) is 0 Å². The van der Waals surface area contributed by atoms with E-state index in [1.165, 1.54) is 30.9 Å². The van der Waals surface area contributed by atoms with Crippen molar-refractivity contribution in [2.24, 2.45) is 5.10 Å². The fraction of sp³-hybridized carbons (Fsp3) is 0.0833. The van der Waals surface area contributed by atoms with Gasteiger partial charge in [0.25, 0.3) is 0 Å². The summed E-state index contributed by atoms with van der Waals surface area (Å²) in [5.74, 6) is 0. The molecule has 0 aliphatic carbocycles. The zero-order valence-electron chi connectivity index (χ0n) is 10.6. The molecule has 0 spiro atoms. The molecule has 0 radical (unpaired) electrons. The number of hydrogen-bond acceptors (Lipinski definition) is 4. The Hall–Kier alpha value is -1.08. The molecule has 5 nitrogen and oxygen atoms in total. The van der Waals surface area contributed by atoms with E-state index in [1.807, 2.05) is 6.92 Å². The van der Waals surface area contributed by atoms with Crippen molar-refractivity contribution in [2.45, 2.75) is 11.8 Å². The minimum absolute atomic E-state index is 0. The summed E-state index contributed by atoms with van der Waals surface area (Å²) in [6, 6.07) is 8.07. The van der Waals surface area contributed by atoms with Gasteiger partial charge in [-0.25, -0.2) is 8.42 Å². The van der Waals surface area contributed by atoms with Gasteiger partial charge in [0.2, 0.25) is 0 Å². The molecule has 0 unspecified atom stereocenters. The Morgan fingerprint density at radius 1 is 1.21 bits per heavy atom. The third-order valence-electron chi connectivity index (χ3n) is 2.22. The Labute approximate surface area is 134 Å². The second-order valence-electron chi connectivity index (χ2n) is 3.67. The monoisotopic (exact) mass is 286 g/mol. The normalized spacial score (nSPS) is 11.2. The van der Waals surface area contributed by atoms with E-state index in [9.17, 15) is 8.42 Å². The number of aryl methyl sites for hydroxylation is 1. The van der Waals surface area contributed by atoms with E-state index >= 15 is 0 Å². The van der Waals surface area contributed by atoms with E-state index in [0.717, 1.165) is 5.56 Å². The molecule has 19 heavy (non-hydrogen) atoms. The third-order valence-corrected chi connectivity index (χ3v) is 3.40. The molecule has 1 heterocycles. The molecular weight excluding hydrogens is 275 g/mol. The van der Waals surface area contributed by atoms with Gasteiger partial charge in [-0.3, -0.25) is 0 Å². The molecular formula is C12H11N2NaO3S. The van der Waals surface area contributed by atoms with Crippen molar-refractivity contribution in [3.63, 3.8) is 0 Å². The van der Waals surface area contributed by atoms with Crippen LogP contribution in [-0.2, 0) is 10.0 Å². The predicted octanol–water partition coefficient (Wildman–Crippen LogP) is -0.311. The van der Waals surface area contributed by atoms with Crippen molar-refractivity contribution in [3.8, 4) is 0 Å². The molecule has 2 aromatic rings. The zero-order valence-corrected chi connectivity index (χ0v) is 13.5. The average molecular weight is 286 g/mol. The Morgan fingerprint density at radius 3 is 2.47 bits per heavy atom. The van der Waals surface area contributed by atoms with Crippen LogP contribution in [0.4, 0.5) is 0 Å². The minimum Gasteiger partial charge on any atom is -0.491 e. The molecule has 7 heteroatoms. The largest absolute Gasteiger partial charge is 1.00 e. The van der Waals surface area contributed by atoms with Gasteiger partial charge >= 0.3 is 29.6 Å². The molecule has 1 aromatic heterocycles. The fourth-order valence-corrected chi connectivity index (χ4v) is 2.00. The minimum atomic E-state index is -3.73. The number of sulfonamides is 1. The van der Waals surface area contributed by atoms with Crippen molar-refractivity contribution in [1.29, 1.82) is 0 Å². The summed E-state index contributed by atoms with van der Waals surface area (Å²) in [6.07, 6.45) is 4.22. The van der Waals surface area contributed by atoms with Crippen LogP contribution >= 0.6 is 0 Å². The number of benzene rings is 1. The molecule has 0 saturated carbocycles. The number of rotatable bonds is 4. The van der Waals surface area contributed by atoms with Crippen LogP contribution < -0.4 is 29.6 Å². The van der Waals surface area contributed by atoms with Gasteiger partial charge in [0.1, 0.15) is 10.0 Å². The van der Waals surface area contributed by atoms with Crippen LogP contribution in [0.2, 0.25) is 0 Å². The van der Waals surface area contributed by atoms with Gasteiger partial charge in [-0.1, -0.05) is 17.7 Å². The topological polar surface area (TPSA) is 73.7 Å². The number of nitrogens with zero attached hydrogens (tertiary/aromatic N) is 2. The fourth-order valence-electron chi connectivity index (χ4n) is 1.26. The molecule has 0 bridgehead atoms. The first-order chi connectivity index (χ1) is 8.58. The van der Waals surface area contributed by atoms with Gasteiger partial charge in [0.05, 0.1) is 17.4 Å². The first kappa shape index (κ1) is 16.0. The first-order valence-corrected chi connectivity index (χ1v) is 6.61. The predicted molar refractivity (Wildman–Crippen MR) is 68.0 cm³/mol. The Balaban J connectivity index is 0.00000180. The quantitative estimate of drug-likeness (QED) is 0.439. The molecule has 0 amide bonds. The van der Waals surface area contributed by atoms with Crippen LogP contribution in [0.25, 0.3) is 4.83 Å². The van der Waals surface area contributed by atoms with Crippen LogP contribution in [0.3, 0.4) is 0 Å². The van der Waals surface area contributed by atoms with E-state index in [0.29, 0.717) is 5.56 Å². The molecule has 0 aliphatic heterocycles. The van der Waals surface area contributed by atoms with E-state index < -0.39 is 10.0 Å². The Bertz CT molecular complexity index is 634. The van der Waals surface area contributed by atoms with E-state index in [-0.39, 0.29) is 34.5 Å². The Morgan fingerprint density at radius 2 is 1.89 bits per heavy atom. The molecule has 0 saturated heterocycles. The molecule has 0 N–H and O–H groups in total. The Kier molecular flexibility index (Phi) is 5.81. The van der Waals surface area contributed by atoms with Crippen LogP contribution in [0.5, 0.6) is 0 Å². The van der Waals surface area contributed by atoms with Gasteiger partial charge < -0.3 is 14.3 Å². The molecule has 0 fully saturated rings. The molecule has 0 aliphatic rings. The first-order valence-electron chi connectivity index (χ1n) is 5.17. The summed E-state index contributed by atoms with van der Waals surface area (Å²) in [4.78, 5) is 3.45. The van der Waals surface area contributed by atoms with Crippen LogP contribution in [0.15, 0.2) is 57.3 Å². The summed E-state index contributed by atoms with van der Waals surface area (Å²) >= 11 is 0. The number of hydrogen-bond donors (Lipinski definition) is 0. The van der Waals surface area contributed by atoms with E-state index in [2.05, 4.69) is 9.93 Å². The standard InChI is InChI=1S/C12H11N2O3S.Na/c1-10-2-4-12(5-3-10)18(15,16)14-13-8-11-6-7-17-9-11;/h2-9H,1H3;/q-1;+1/b13-8+;. The maximum absolute atomic E-state index is 11.8. The van der Waals surface area contributed by atoms with Gasteiger partial charge in [0.15, 0.2) is 0 Å². The third kappa shape index (κ3) is 4.50. The van der Waals surface area contributed by atoms with E-state index in [4.69, 9.17) is 4.42 Å². The molecule has 2 rings (SSSR count). The van der Waals surface area contributed by atoms with Crippen molar-refractivity contribution in [2.75, 3.05) is 0 Å². The summed E-state index contributed by atoms with van der Waals surface area (Å²) < 4.78 is 28.3. The van der Waals surface area contributed by atoms with Crippen LogP contribution in [0.1, 0.15) is 11.1 Å². The van der Waals surface area contributed by atoms with Gasteiger partial charge in [-0.2, -0.15) is 0 Å². The summed E-state index contributed by atoms with van der Waals surface area (Å²) in [6.45, 7) is 1.88. The maximum atomic E-state index is 11.8. The second kappa shape index (κ2) is 6.91. The maximum Gasteiger partial charge on any atom is 1.00 e. The summed E-state index contributed by atoms with van der Waals surface area (Å²) in [5, 5.41) is 3.54. The van der Waals surface area contributed by atoms with E-state index in [1.54, 1.807) is 18.2 Å². The van der Waals surface area contributed by atoms with Gasteiger partial charge in [-0.05, 0) is 25.1 Å². The van der Waals surface area contributed by atoms with Crippen LogP contribution in [-0.4, -0.2) is 14.6 Å². The summed E-state index contributed by atoms with van der Waals surface area (Å²) in [7, 11) is -3.73. The van der Waals surface area contributed by atoms with Crippen molar-refractivity contribution in [1.82, 2.24) is 0 Å². The molecule has 0 atom stereocenters. The molecule has 1 aromatic carbocycles. The zero-order chi connectivity index (χ0) is 13.0. The summed E-state index contributed by atoms with van der Waals surface area (Å²) in [5.41, 5.74) is 1.63. The smallest absolute Gasteiger partial charge is 0.491 e. The SMILES string of the molecule is Cc1ccc(S(=O)(=O)[N-]/N=C/c2ccoc2)cc1.[Na+]. The second-order valence-corrected chi connectivity index (χ2v) is 5.26. The van der Waals surface area contributed by atoms with Crippen molar-refractivity contribution >= 4 is 16.2 Å². The molecule has 94 valence electrons. The van der Waals surface area contributed by atoms with Crippen molar-refractivity contribution < 1.29 is 42.4 Å². The number of furan rings is 1. The van der Waals surface area contributed by atoms with Gasteiger partial charge in [0, 0.05) is 11.8 Å².